The standard InChI is InChI=1S/C9H12O3S.C6H6N3/c1-6-4-7(2)9(8(3)5-6)13(10,11)12;7-5-6-1-3-9(8)4-2-6/h4-5H,1-3H3,(H,10,11,12);1-4H,8H2/q;+1/p-1. The molecular formula is C15H17N3O3S. The summed E-state index contributed by atoms with van der Waals surface area (Å²) in [5.41, 5.74) is 2.62. The van der Waals surface area contributed by atoms with E-state index in [4.69, 9.17) is 11.1 Å². The number of aryl methyl sites for hydroxylation is 3. The lowest BCUT2D eigenvalue weighted by Crippen LogP contribution is -2.43. The van der Waals surface area contributed by atoms with E-state index in [0.29, 0.717) is 16.7 Å². The summed E-state index contributed by atoms with van der Waals surface area (Å²) >= 11 is 0. The first-order chi connectivity index (χ1) is 10.1. The van der Waals surface area contributed by atoms with Crippen molar-refractivity contribution in [2.75, 3.05) is 5.84 Å². The van der Waals surface area contributed by atoms with Crippen molar-refractivity contribution in [1.82, 2.24) is 0 Å². The third kappa shape index (κ3) is 4.84. The topological polar surface area (TPSA) is 111 Å². The molecule has 0 amide bonds. The highest BCUT2D eigenvalue weighted by Crippen LogP contribution is 2.20. The Morgan fingerprint density at radius 1 is 1.14 bits per heavy atom. The van der Waals surface area contributed by atoms with Gasteiger partial charge in [-0.05, 0) is 31.9 Å². The third-order valence-corrected chi connectivity index (χ3v) is 3.98. The number of benzene rings is 1. The molecule has 1 aromatic heterocycles. The van der Waals surface area contributed by atoms with Crippen LogP contribution in [0.5, 0.6) is 0 Å². The summed E-state index contributed by atoms with van der Waals surface area (Å²) in [6.07, 6.45) is 3.25. The maximum absolute atomic E-state index is 10.8. The van der Waals surface area contributed by atoms with Crippen LogP contribution in [0.15, 0.2) is 41.6 Å². The van der Waals surface area contributed by atoms with Crippen LogP contribution in [-0.2, 0) is 10.1 Å². The monoisotopic (exact) mass is 319 g/mol. The van der Waals surface area contributed by atoms with Gasteiger partial charge in [-0.15, -0.1) is 0 Å². The molecule has 2 aromatic rings. The van der Waals surface area contributed by atoms with Gasteiger partial charge in [0.05, 0.1) is 16.5 Å². The molecule has 0 spiro atoms. The van der Waals surface area contributed by atoms with Gasteiger partial charge in [-0.3, -0.25) is 0 Å². The van der Waals surface area contributed by atoms with Crippen molar-refractivity contribution >= 4 is 10.1 Å². The normalized spacial score (nSPS) is 10.3. The predicted molar refractivity (Wildman–Crippen MR) is 80.1 cm³/mol. The van der Waals surface area contributed by atoms with Crippen LogP contribution in [0.3, 0.4) is 0 Å². The zero-order valence-electron chi connectivity index (χ0n) is 12.6. The van der Waals surface area contributed by atoms with Crippen LogP contribution in [0, 0.1) is 32.1 Å². The van der Waals surface area contributed by atoms with Gasteiger partial charge in [-0.2, -0.15) is 5.26 Å². The highest BCUT2D eigenvalue weighted by molar-refractivity contribution is 7.85. The zero-order chi connectivity index (χ0) is 16.9. The Morgan fingerprint density at radius 2 is 1.59 bits per heavy atom. The van der Waals surface area contributed by atoms with Gasteiger partial charge in [0.25, 0.3) is 0 Å². The summed E-state index contributed by atoms with van der Waals surface area (Å²) in [5.74, 6) is 5.29. The molecule has 0 aliphatic rings. The minimum atomic E-state index is -4.33. The lowest BCUT2D eigenvalue weighted by molar-refractivity contribution is -0.638. The summed E-state index contributed by atoms with van der Waals surface area (Å²) in [6, 6.07) is 8.68. The fraction of sp³-hybridized carbons (Fsp3) is 0.200. The van der Waals surface area contributed by atoms with Crippen LogP contribution in [0.2, 0.25) is 0 Å². The quantitative estimate of drug-likeness (QED) is 0.480. The van der Waals surface area contributed by atoms with Gasteiger partial charge in [-0.25, -0.2) is 14.3 Å². The van der Waals surface area contributed by atoms with Crippen molar-refractivity contribution in [2.24, 2.45) is 0 Å². The summed E-state index contributed by atoms with van der Waals surface area (Å²) in [4.78, 5) is -0.0851. The van der Waals surface area contributed by atoms with E-state index in [1.807, 2.05) is 13.0 Å². The molecule has 22 heavy (non-hydrogen) atoms. The van der Waals surface area contributed by atoms with Crippen LogP contribution >= 0.6 is 0 Å². The second-order valence-corrected chi connectivity index (χ2v) is 6.14. The van der Waals surface area contributed by atoms with Crippen molar-refractivity contribution in [3.8, 4) is 6.07 Å². The molecule has 0 saturated heterocycles. The molecule has 0 atom stereocenters. The number of nitrogen functional groups attached to an aromatic ring is 1. The second kappa shape index (κ2) is 7.02. The number of nitrogens with zero attached hydrogens (tertiary/aromatic N) is 2. The Bertz CT molecular complexity index is 784. The summed E-state index contributed by atoms with van der Waals surface area (Å²) in [6.45, 7) is 5.12. The summed E-state index contributed by atoms with van der Waals surface area (Å²) in [5, 5.41) is 8.33. The Hall–Kier alpha value is -2.43. The first-order valence-electron chi connectivity index (χ1n) is 6.35. The van der Waals surface area contributed by atoms with Gasteiger partial charge in [0.1, 0.15) is 10.1 Å². The van der Waals surface area contributed by atoms with Crippen LogP contribution in [-0.4, -0.2) is 13.0 Å². The Balaban J connectivity index is 0.000000235. The lowest BCUT2D eigenvalue weighted by Gasteiger charge is -2.14. The van der Waals surface area contributed by atoms with Gasteiger partial charge >= 0.3 is 0 Å². The average molecular weight is 319 g/mol. The first-order valence-corrected chi connectivity index (χ1v) is 7.76. The van der Waals surface area contributed by atoms with E-state index in [2.05, 4.69) is 0 Å². The molecule has 0 unspecified atom stereocenters. The number of nitrogens with two attached hydrogens (primary N) is 1. The predicted octanol–water partition coefficient (Wildman–Crippen LogP) is 1.08. The van der Waals surface area contributed by atoms with E-state index in [-0.39, 0.29) is 4.90 Å². The molecule has 0 radical (unpaired) electrons. The molecule has 2 N–H and O–H groups in total. The number of pyridine rings is 1. The van der Waals surface area contributed by atoms with E-state index < -0.39 is 10.1 Å². The molecule has 0 saturated carbocycles. The van der Waals surface area contributed by atoms with Crippen molar-refractivity contribution in [2.45, 2.75) is 25.7 Å². The maximum atomic E-state index is 10.8. The summed E-state index contributed by atoms with van der Waals surface area (Å²) < 4.78 is 33.9. The van der Waals surface area contributed by atoms with Gasteiger partial charge in [0, 0.05) is 12.1 Å². The zero-order valence-corrected chi connectivity index (χ0v) is 13.4. The first kappa shape index (κ1) is 17.6. The Labute approximate surface area is 130 Å². The molecule has 0 bridgehead atoms. The van der Waals surface area contributed by atoms with Crippen molar-refractivity contribution in [3.63, 3.8) is 0 Å². The maximum Gasteiger partial charge on any atom is 0.200 e. The van der Waals surface area contributed by atoms with Crippen LogP contribution in [0.1, 0.15) is 22.3 Å². The minimum Gasteiger partial charge on any atom is -0.744 e. The van der Waals surface area contributed by atoms with Gasteiger partial charge in [0.15, 0.2) is 0 Å². The SMILES string of the molecule is Cc1cc(C)c(S(=O)(=O)[O-])c(C)c1.N#Cc1cc[n+](N)cc1. The molecule has 0 aliphatic carbocycles. The van der Waals surface area contributed by atoms with Crippen molar-refractivity contribution in [3.05, 3.63) is 58.9 Å². The van der Waals surface area contributed by atoms with E-state index >= 15 is 0 Å². The van der Waals surface area contributed by atoms with E-state index in [9.17, 15) is 13.0 Å². The van der Waals surface area contributed by atoms with E-state index in [1.54, 1.807) is 50.5 Å². The summed E-state index contributed by atoms with van der Waals surface area (Å²) in [7, 11) is -4.33. The smallest absolute Gasteiger partial charge is 0.200 e. The third-order valence-electron chi connectivity index (χ3n) is 2.84. The lowest BCUT2D eigenvalue weighted by atomic mass is 10.1. The van der Waals surface area contributed by atoms with Crippen LogP contribution in [0.4, 0.5) is 0 Å². The average Bonchev–Trinajstić information content (AvgIpc) is 2.37. The fourth-order valence-electron chi connectivity index (χ4n) is 2.07. The second-order valence-electron chi connectivity index (χ2n) is 4.83. The van der Waals surface area contributed by atoms with Crippen molar-refractivity contribution in [1.29, 1.82) is 5.26 Å². The largest absolute Gasteiger partial charge is 0.744 e. The number of aromatic nitrogens is 1. The molecule has 7 heteroatoms. The minimum absolute atomic E-state index is 0.0851. The molecule has 2 rings (SSSR count). The van der Waals surface area contributed by atoms with Gasteiger partial charge in [-0.1, -0.05) is 22.4 Å². The molecule has 1 aromatic carbocycles. The van der Waals surface area contributed by atoms with Crippen LogP contribution in [0.25, 0.3) is 0 Å². The number of rotatable bonds is 1. The van der Waals surface area contributed by atoms with Gasteiger partial charge < -0.3 is 4.55 Å². The fourth-order valence-corrected chi connectivity index (χ4v) is 2.98. The molecule has 116 valence electrons. The highest BCUT2D eigenvalue weighted by atomic mass is 32.2. The van der Waals surface area contributed by atoms with Gasteiger partial charge in [0.2, 0.25) is 12.4 Å². The number of hydrogen-bond acceptors (Lipinski definition) is 5. The Kier molecular flexibility index (Phi) is 5.63. The molecular weight excluding hydrogens is 302 g/mol. The van der Waals surface area contributed by atoms with E-state index in [0.717, 1.165) is 5.56 Å². The number of hydrogen-bond donors (Lipinski definition) is 1. The Morgan fingerprint density at radius 3 is 1.95 bits per heavy atom. The molecule has 6 nitrogen and oxygen atoms in total. The van der Waals surface area contributed by atoms with Crippen LogP contribution < -0.4 is 10.5 Å². The molecule has 1 heterocycles. The molecule has 0 aliphatic heterocycles. The highest BCUT2D eigenvalue weighted by Gasteiger charge is 2.09. The van der Waals surface area contributed by atoms with E-state index in [1.165, 1.54) is 4.68 Å². The van der Waals surface area contributed by atoms with Crippen molar-refractivity contribution < 1.29 is 17.6 Å². The number of nitriles is 1. The molecule has 0 fully saturated rings.